The molecule has 2 unspecified atom stereocenters. The smallest absolute Gasteiger partial charge is 0.239 e. The maximum Gasteiger partial charge on any atom is 0.449 e. The third-order valence-corrected chi connectivity index (χ3v) is 3.70. The predicted molar refractivity (Wildman–Crippen MR) is 64.9 cm³/mol. The molecule has 2 aromatic rings. The van der Waals surface area contributed by atoms with E-state index in [0.29, 0.717) is 0 Å². The number of nitrogens with zero attached hydrogens (tertiary/aromatic N) is 3. The number of hydrogen-bond acceptors (Lipinski definition) is 3. The number of thioether (sulfide) groups is 1. The molecule has 9 heteroatoms. The Morgan fingerprint density at radius 3 is 2.62 bits per heavy atom. The van der Waals surface area contributed by atoms with E-state index in [0.717, 1.165) is 4.68 Å². The summed E-state index contributed by atoms with van der Waals surface area (Å²) in [6.45, 7) is 0. The van der Waals surface area contributed by atoms with Crippen LogP contribution in [0, 0.1) is 5.82 Å². The highest BCUT2D eigenvalue weighted by atomic mass is 32.2. The number of benzene rings is 1. The zero-order valence-electron chi connectivity index (χ0n) is 10.3. The first-order valence-electron chi connectivity index (χ1n) is 5.96. The van der Waals surface area contributed by atoms with Crippen LogP contribution in [0.15, 0.2) is 29.4 Å². The lowest BCUT2D eigenvalue weighted by molar-refractivity contribution is -0.0331. The van der Waals surface area contributed by atoms with Gasteiger partial charge in [-0.2, -0.15) is 13.2 Å². The zero-order chi connectivity index (χ0) is 15.2. The Morgan fingerprint density at radius 1 is 1.24 bits per heavy atom. The highest BCUT2D eigenvalue weighted by Gasteiger charge is 2.39. The van der Waals surface area contributed by atoms with Crippen LogP contribution in [0.4, 0.5) is 22.0 Å². The topological polar surface area (TPSA) is 30.7 Å². The molecule has 112 valence electrons. The molecule has 0 amide bonds. The van der Waals surface area contributed by atoms with E-state index in [-0.39, 0.29) is 17.8 Å². The molecule has 0 fully saturated rings. The van der Waals surface area contributed by atoms with Crippen LogP contribution < -0.4 is 0 Å². The van der Waals surface area contributed by atoms with Crippen molar-refractivity contribution in [3.63, 3.8) is 0 Å². The van der Waals surface area contributed by atoms with E-state index in [9.17, 15) is 22.0 Å². The molecule has 0 N–H and O–H groups in total. The summed E-state index contributed by atoms with van der Waals surface area (Å²) in [5.74, 6) is -0.752. The SMILES string of the molecule is Fc1ccccc1C1CC(F)c2nc(SC(F)(F)F)nn21. The summed E-state index contributed by atoms with van der Waals surface area (Å²) in [5, 5.41) is 3.09. The summed E-state index contributed by atoms with van der Waals surface area (Å²) < 4.78 is 65.6. The third-order valence-electron chi connectivity index (χ3n) is 3.12. The van der Waals surface area contributed by atoms with E-state index in [1.54, 1.807) is 6.07 Å². The minimum absolute atomic E-state index is 0.0900. The monoisotopic (exact) mass is 321 g/mol. The second-order valence-corrected chi connectivity index (χ2v) is 5.52. The number of fused-ring (bicyclic) bond motifs is 1. The van der Waals surface area contributed by atoms with Gasteiger partial charge in [-0.1, -0.05) is 18.2 Å². The first-order valence-corrected chi connectivity index (χ1v) is 6.77. The Morgan fingerprint density at radius 2 is 1.95 bits per heavy atom. The summed E-state index contributed by atoms with van der Waals surface area (Å²) in [6, 6.07) is 4.94. The average Bonchev–Trinajstić information content (AvgIpc) is 2.89. The molecule has 3 nitrogen and oxygen atoms in total. The van der Waals surface area contributed by atoms with Gasteiger partial charge in [-0.3, -0.25) is 0 Å². The molecule has 1 aromatic heterocycles. The maximum atomic E-state index is 13.9. The van der Waals surface area contributed by atoms with E-state index in [1.807, 2.05) is 0 Å². The van der Waals surface area contributed by atoms with Crippen LogP contribution in [0.1, 0.15) is 30.0 Å². The van der Waals surface area contributed by atoms with Gasteiger partial charge in [-0.05, 0) is 6.07 Å². The second kappa shape index (κ2) is 4.97. The Labute approximate surface area is 120 Å². The molecule has 0 bridgehead atoms. The van der Waals surface area contributed by atoms with Gasteiger partial charge in [0.1, 0.15) is 5.82 Å². The summed E-state index contributed by atoms with van der Waals surface area (Å²) >= 11 is -0.515. The van der Waals surface area contributed by atoms with E-state index in [4.69, 9.17) is 0 Å². The molecule has 0 saturated heterocycles. The molecule has 1 aliphatic heterocycles. The molecule has 0 aliphatic carbocycles. The molecular weight excluding hydrogens is 313 g/mol. The van der Waals surface area contributed by atoms with Crippen molar-refractivity contribution in [3.05, 3.63) is 41.5 Å². The minimum Gasteiger partial charge on any atom is -0.239 e. The summed E-state index contributed by atoms with van der Waals surface area (Å²) in [4.78, 5) is 3.56. The summed E-state index contributed by atoms with van der Waals surface area (Å²) in [7, 11) is 0. The molecule has 1 aromatic carbocycles. The molecule has 0 radical (unpaired) electrons. The van der Waals surface area contributed by atoms with Crippen molar-refractivity contribution >= 4 is 11.8 Å². The van der Waals surface area contributed by atoms with Crippen molar-refractivity contribution in [2.75, 3.05) is 0 Å². The van der Waals surface area contributed by atoms with Gasteiger partial charge in [-0.25, -0.2) is 18.4 Å². The molecule has 0 saturated carbocycles. The fourth-order valence-corrected chi connectivity index (χ4v) is 2.78. The fourth-order valence-electron chi connectivity index (χ4n) is 2.31. The Balaban J connectivity index is 1.98. The van der Waals surface area contributed by atoms with Gasteiger partial charge >= 0.3 is 5.51 Å². The van der Waals surface area contributed by atoms with E-state index in [2.05, 4.69) is 10.1 Å². The Hall–Kier alpha value is -1.64. The van der Waals surface area contributed by atoms with Crippen LogP contribution in [-0.4, -0.2) is 20.3 Å². The Kier molecular flexibility index (Phi) is 3.39. The molecule has 2 atom stereocenters. The molecular formula is C12H8F5N3S. The molecule has 1 aliphatic rings. The van der Waals surface area contributed by atoms with Gasteiger partial charge in [0.15, 0.2) is 12.0 Å². The predicted octanol–water partition coefficient (Wildman–Crippen LogP) is 4.03. The third kappa shape index (κ3) is 2.74. The van der Waals surface area contributed by atoms with Crippen molar-refractivity contribution in [1.82, 2.24) is 14.8 Å². The van der Waals surface area contributed by atoms with Crippen LogP contribution >= 0.6 is 11.8 Å². The van der Waals surface area contributed by atoms with Crippen molar-refractivity contribution in [3.8, 4) is 0 Å². The van der Waals surface area contributed by atoms with Crippen molar-refractivity contribution < 1.29 is 22.0 Å². The fraction of sp³-hybridized carbons (Fsp3) is 0.333. The largest absolute Gasteiger partial charge is 0.449 e. The Bertz CT molecular complexity index is 669. The van der Waals surface area contributed by atoms with E-state index in [1.165, 1.54) is 18.2 Å². The molecule has 0 spiro atoms. The number of alkyl halides is 4. The van der Waals surface area contributed by atoms with Crippen molar-refractivity contribution in [2.24, 2.45) is 0 Å². The average molecular weight is 321 g/mol. The van der Waals surface area contributed by atoms with E-state index < -0.39 is 40.5 Å². The lowest BCUT2D eigenvalue weighted by Crippen LogP contribution is -2.09. The quantitative estimate of drug-likeness (QED) is 0.618. The van der Waals surface area contributed by atoms with Gasteiger partial charge in [0.05, 0.1) is 6.04 Å². The van der Waals surface area contributed by atoms with Crippen LogP contribution in [0.25, 0.3) is 0 Å². The maximum absolute atomic E-state index is 13.9. The highest BCUT2D eigenvalue weighted by Crippen LogP contribution is 2.42. The van der Waals surface area contributed by atoms with Crippen molar-refractivity contribution in [2.45, 2.75) is 29.3 Å². The minimum atomic E-state index is -4.55. The highest BCUT2D eigenvalue weighted by molar-refractivity contribution is 8.00. The standard InChI is InChI=1S/C12H8F5N3S/c13-7-4-2-1-3-6(7)9-5-8(14)10-18-11(19-20(9)10)21-12(15,16)17/h1-4,8-9H,5H2. The van der Waals surface area contributed by atoms with Crippen LogP contribution in [-0.2, 0) is 0 Å². The number of halogens is 5. The lowest BCUT2D eigenvalue weighted by atomic mass is 10.0. The molecule has 21 heavy (non-hydrogen) atoms. The van der Waals surface area contributed by atoms with Crippen molar-refractivity contribution in [1.29, 1.82) is 0 Å². The van der Waals surface area contributed by atoms with Crippen LogP contribution in [0.5, 0.6) is 0 Å². The number of rotatable bonds is 2. The van der Waals surface area contributed by atoms with Gasteiger partial charge in [0.25, 0.3) is 0 Å². The van der Waals surface area contributed by atoms with Gasteiger partial charge in [-0.15, -0.1) is 5.10 Å². The number of hydrogen-bond donors (Lipinski definition) is 0. The number of aromatic nitrogens is 3. The first-order chi connectivity index (χ1) is 9.85. The molecule has 2 heterocycles. The van der Waals surface area contributed by atoms with Gasteiger partial charge in [0, 0.05) is 23.7 Å². The summed E-state index contributed by atoms with van der Waals surface area (Å²) in [6.07, 6.45) is -1.66. The zero-order valence-corrected chi connectivity index (χ0v) is 11.1. The van der Waals surface area contributed by atoms with E-state index >= 15 is 0 Å². The van der Waals surface area contributed by atoms with Crippen LogP contribution in [0.3, 0.4) is 0 Å². The normalized spacial score (nSPS) is 21.6. The molecule has 3 rings (SSSR count). The van der Waals surface area contributed by atoms with Gasteiger partial charge < -0.3 is 0 Å². The van der Waals surface area contributed by atoms with Gasteiger partial charge in [0.2, 0.25) is 5.16 Å². The lowest BCUT2D eigenvalue weighted by Gasteiger charge is -2.12. The second-order valence-electron chi connectivity index (χ2n) is 4.49. The summed E-state index contributed by atoms with van der Waals surface area (Å²) in [5.41, 5.74) is -4.37. The van der Waals surface area contributed by atoms with Crippen LogP contribution in [0.2, 0.25) is 0 Å². The first kappa shape index (κ1) is 14.3.